The fraction of sp³-hybridized carbons (Fsp3) is 0.812. The fourth-order valence-electron chi connectivity index (χ4n) is 2.13. The molecular formula is C16H30O3S. The summed E-state index contributed by atoms with van der Waals surface area (Å²) in [5.74, 6) is -0.699. The topological polar surface area (TPSA) is 46.5 Å². The third kappa shape index (κ3) is 7.95. The minimum Gasteiger partial charge on any atom is -0.480 e. The maximum absolute atomic E-state index is 11.3. The smallest absolute Gasteiger partial charge is 0.320 e. The van der Waals surface area contributed by atoms with Gasteiger partial charge in [0.2, 0.25) is 0 Å². The lowest BCUT2D eigenvalue weighted by Crippen LogP contribution is -2.33. The van der Waals surface area contributed by atoms with Crippen LogP contribution in [0.25, 0.3) is 0 Å². The number of carboxylic acid groups (broad SMARTS) is 1. The third-order valence-electron chi connectivity index (χ3n) is 3.69. The molecule has 0 bridgehead atoms. The number of hydrogen-bond donors (Lipinski definition) is 1. The molecule has 0 aliphatic carbocycles. The van der Waals surface area contributed by atoms with Crippen molar-refractivity contribution in [1.82, 2.24) is 0 Å². The van der Waals surface area contributed by atoms with E-state index >= 15 is 0 Å². The predicted octanol–water partition coefficient (Wildman–Crippen LogP) is 4.52. The lowest BCUT2D eigenvalue weighted by atomic mass is 10.0. The number of thioether (sulfide) groups is 1. The maximum atomic E-state index is 11.3. The molecule has 0 rings (SSSR count). The number of hydrogen-bond acceptors (Lipinski definition) is 3. The number of methoxy groups -OCH3 is 1. The molecule has 0 saturated heterocycles. The molecule has 118 valence electrons. The van der Waals surface area contributed by atoms with E-state index in [2.05, 4.69) is 6.08 Å². The molecule has 1 atom stereocenters. The Hall–Kier alpha value is -0.480. The molecule has 20 heavy (non-hydrogen) atoms. The van der Waals surface area contributed by atoms with Crippen molar-refractivity contribution in [2.24, 2.45) is 0 Å². The summed E-state index contributed by atoms with van der Waals surface area (Å²) in [4.78, 5) is 11.3. The van der Waals surface area contributed by atoms with Gasteiger partial charge in [-0.25, -0.2) is 0 Å². The Morgan fingerprint density at radius 3 is 2.40 bits per heavy atom. The van der Waals surface area contributed by atoms with Crippen LogP contribution in [0, 0.1) is 0 Å². The second-order valence-corrected chi connectivity index (χ2v) is 6.27. The van der Waals surface area contributed by atoms with Crippen molar-refractivity contribution >= 4 is 17.7 Å². The van der Waals surface area contributed by atoms with Gasteiger partial charge in [0.25, 0.3) is 0 Å². The number of carbonyl (C=O) groups is 1. The first-order valence-corrected chi connectivity index (χ1v) is 8.78. The maximum Gasteiger partial charge on any atom is 0.320 e. The summed E-state index contributed by atoms with van der Waals surface area (Å²) in [5.41, 5.74) is 0. The largest absolute Gasteiger partial charge is 0.480 e. The van der Waals surface area contributed by atoms with Crippen molar-refractivity contribution in [2.45, 2.75) is 63.0 Å². The molecule has 0 aromatic rings. The van der Waals surface area contributed by atoms with Crippen LogP contribution in [0.15, 0.2) is 12.2 Å². The van der Waals surface area contributed by atoms with Crippen LogP contribution < -0.4 is 0 Å². The molecule has 0 heterocycles. The summed E-state index contributed by atoms with van der Waals surface area (Å²) in [6.07, 6.45) is 14.5. The normalized spacial score (nSPS) is 14.6. The van der Waals surface area contributed by atoms with E-state index in [-0.39, 0.29) is 0 Å². The summed E-state index contributed by atoms with van der Waals surface area (Å²) in [7, 11) is 1.74. The van der Waals surface area contributed by atoms with Gasteiger partial charge in [-0.05, 0) is 38.4 Å². The molecule has 0 fully saturated rings. The lowest BCUT2D eigenvalue weighted by Gasteiger charge is -2.24. The highest BCUT2D eigenvalue weighted by Crippen LogP contribution is 2.31. The number of rotatable bonds is 13. The Kier molecular flexibility index (Phi) is 12.0. The van der Waals surface area contributed by atoms with E-state index in [9.17, 15) is 9.90 Å². The SMILES string of the molecule is CCC(C/C=C/CCCCCCCOC)(SC)C(=O)O. The molecule has 1 N–H and O–H groups in total. The summed E-state index contributed by atoms with van der Waals surface area (Å²) in [5, 5.41) is 9.30. The van der Waals surface area contributed by atoms with Crippen molar-refractivity contribution in [3.05, 3.63) is 12.2 Å². The molecule has 4 heteroatoms. The van der Waals surface area contributed by atoms with Crippen LogP contribution in [0.3, 0.4) is 0 Å². The molecule has 1 unspecified atom stereocenters. The molecule has 3 nitrogen and oxygen atoms in total. The zero-order valence-corrected chi connectivity index (χ0v) is 14.0. The van der Waals surface area contributed by atoms with Gasteiger partial charge in [-0.1, -0.05) is 38.3 Å². The van der Waals surface area contributed by atoms with Crippen LogP contribution in [0.2, 0.25) is 0 Å². The molecule has 0 spiro atoms. The summed E-state index contributed by atoms with van der Waals surface area (Å²) >= 11 is 1.44. The monoisotopic (exact) mass is 302 g/mol. The Balaban J connectivity index is 3.72. The van der Waals surface area contributed by atoms with Crippen molar-refractivity contribution in [3.8, 4) is 0 Å². The van der Waals surface area contributed by atoms with Crippen LogP contribution in [-0.2, 0) is 9.53 Å². The second-order valence-electron chi connectivity index (χ2n) is 5.08. The van der Waals surface area contributed by atoms with Crippen LogP contribution in [-0.4, -0.2) is 35.8 Å². The first-order chi connectivity index (χ1) is 9.63. The average molecular weight is 302 g/mol. The first-order valence-electron chi connectivity index (χ1n) is 7.55. The number of aliphatic carboxylic acids is 1. The van der Waals surface area contributed by atoms with E-state index in [1.165, 1.54) is 37.4 Å². The lowest BCUT2D eigenvalue weighted by molar-refractivity contribution is -0.139. The highest BCUT2D eigenvalue weighted by molar-refractivity contribution is 8.00. The van der Waals surface area contributed by atoms with Gasteiger partial charge < -0.3 is 9.84 Å². The van der Waals surface area contributed by atoms with E-state index in [1.54, 1.807) is 7.11 Å². The van der Waals surface area contributed by atoms with Gasteiger partial charge in [-0.3, -0.25) is 4.79 Å². The molecule has 0 amide bonds. The van der Waals surface area contributed by atoms with Gasteiger partial charge in [-0.15, -0.1) is 11.8 Å². The molecule has 0 aliphatic rings. The van der Waals surface area contributed by atoms with Crippen LogP contribution in [0.5, 0.6) is 0 Å². The predicted molar refractivity (Wildman–Crippen MR) is 87.5 cm³/mol. The van der Waals surface area contributed by atoms with Crippen LogP contribution in [0.4, 0.5) is 0 Å². The standard InChI is InChI=1S/C16H30O3S/c1-4-16(20-3,15(17)18)13-11-9-7-5-6-8-10-12-14-19-2/h9,11H,4-8,10,12-14H2,1-3H3,(H,17,18)/b11-9+. The van der Waals surface area contributed by atoms with E-state index in [0.29, 0.717) is 12.8 Å². The minimum absolute atomic E-state index is 0.619. The Bertz CT molecular complexity index is 273. The Morgan fingerprint density at radius 1 is 1.20 bits per heavy atom. The quantitative estimate of drug-likeness (QED) is 0.401. The van der Waals surface area contributed by atoms with Crippen molar-refractivity contribution < 1.29 is 14.6 Å². The minimum atomic E-state index is -0.699. The van der Waals surface area contributed by atoms with E-state index in [4.69, 9.17) is 4.74 Å². The Labute approximate surface area is 128 Å². The highest BCUT2D eigenvalue weighted by atomic mass is 32.2. The fourth-order valence-corrected chi connectivity index (χ4v) is 2.85. The zero-order chi connectivity index (χ0) is 15.3. The van der Waals surface area contributed by atoms with Gasteiger partial charge >= 0.3 is 5.97 Å². The molecule has 0 aliphatic heterocycles. The number of unbranched alkanes of at least 4 members (excludes halogenated alkanes) is 5. The number of ether oxygens (including phenoxy) is 1. The third-order valence-corrected chi connectivity index (χ3v) is 5.10. The number of allylic oxidation sites excluding steroid dienone is 2. The highest BCUT2D eigenvalue weighted by Gasteiger charge is 2.34. The van der Waals surface area contributed by atoms with Crippen molar-refractivity contribution in [2.75, 3.05) is 20.0 Å². The van der Waals surface area contributed by atoms with E-state index in [0.717, 1.165) is 19.4 Å². The Morgan fingerprint density at radius 2 is 1.85 bits per heavy atom. The van der Waals surface area contributed by atoms with Crippen molar-refractivity contribution in [1.29, 1.82) is 0 Å². The first kappa shape index (κ1) is 19.5. The van der Waals surface area contributed by atoms with Gasteiger partial charge in [-0.2, -0.15) is 0 Å². The van der Waals surface area contributed by atoms with Gasteiger partial charge in [0, 0.05) is 13.7 Å². The van der Waals surface area contributed by atoms with Gasteiger partial charge in [0.15, 0.2) is 0 Å². The van der Waals surface area contributed by atoms with E-state index < -0.39 is 10.7 Å². The van der Waals surface area contributed by atoms with Gasteiger partial charge in [0.05, 0.1) is 0 Å². The number of carboxylic acids is 1. The summed E-state index contributed by atoms with van der Waals surface area (Å²) < 4.78 is 4.37. The summed E-state index contributed by atoms with van der Waals surface area (Å²) in [6, 6.07) is 0. The van der Waals surface area contributed by atoms with E-state index in [1.807, 2.05) is 19.3 Å². The average Bonchev–Trinajstić information content (AvgIpc) is 2.45. The molecule has 0 saturated carbocycles. The summed E-state index contributed by atoms with van der Waals surface area (Å²) in [6.45, 7) is 2.81. The molecular weight excluding hydrogens is 272 g/mol. The molecule has 0 aromatic carbocycles. The van der Waals surface area contributed by atoms with Crippen LogP contribution in [0.1, 0.15) is 58.3 Å². The second kappa shape index (κ2) is 12.3. The molecule has 0 radical (unpaired) electrons. The van der Waals surface area contributed by atoms with Gasteiger partial charge in [0.1, 0.15) is 4.75 Å². The van der Waals surface area contributed by atoms with Crippen LogP contribution >= 0.6 is 11.8 Å². The zero-order valence-electron chi connectivity index (χ0n) is 13.2. The van der Waals surface area contributed by atoms with Crippen molar-refractivity contribution in [3.63, 3.8) is 0 Å². The molecule has 0 aromatic heterocycles.